The molecule has 1 aromatic rings. The first-order chi connectivity index (χ1) is 11.8. The molecule has 5 nitrogen and oxygen atoms in total. The van der Waals surface area contributed by atoms with Crippen molar-refractivity contribution in [1.29, 1.82) is 0 Å². The smallest absolute Gasteiger partial charge is 0.305 e. The number of hydrogen-bond donors (Lipinski definition) is 1. The fourth-order valence-electron chi connectivity index (χ4n) is 2.92. The monoisotopic (exact) mass is 355 g/mol. The summed E-state index contributed by atoms with van der Waals surface area (Å²) in [4.78, 5) is 24.6. The number of hydrogen-bond acceptors (Lipinski definition) is 3. The second-order valence-corrected chi connectivity index (χ2v) is 6.39. The normalized spacial score (nSPS) is 19.8. The topological polar surface area (TPSA) is 66.8 Å². The second-order valence-electron chi connectivity index (χ2n) is 6.39. The number of ether oxygens (including phenoxy) is 1. The van der Waals surface area contributed by atoms with Gasteiger partial charge in [0.15, 0.2) is 11.6 Å². The Morgan fingerprint density at radius 3 is 2.60 bits per heavy atom. The molecule has 7 heteroatoms. The van der Waals surface area contributed by atoms with E-state index in [0.717, 1.165) is 25.0 Å². The standard InChI is InChI=1S/C18H23F2NO4/c1-12-2-4-14(25-12)5-7-17(22)21(9-8-18(23)24)11-13-3-6-15(19)16(20)10-13/h3,6,10,12,14H,2,4-5,7-9,11H2,1H3,(H,23,24)/t12-,14+/m0/s1. The summed E-state index contributed by atoms with van der Waals surface area (Å²) in [6.07, 6.45) is 2.73. The van der Waals surface area contributed by atoms with Crippen molar-refractivity contribution >= 4 is 11.9 Å². The van der Waals surface area contributed by atoms with Gasteiger partial charge in [-0.15, -0.1) is 0 Å². The van der Waals surface area contributed by atoms with Gasteiger partial charge in [0.05, 0.1) is 18.6 Å². The van der Waals surface area contributed by atoms with E-state index in [9.17, 15) is 18.4 Å². The van der Waals surface area contributed by atoms with Gasteiger partial charge in [0, 0.05) is 19.5 Å². The molecule has 1 aromatic carbocycles. The molecule has 0 aromatic heterocycles. The van der Waals surface area contributed by atoms with Crippen molar-refractivity contribution < 1.29 is 28.2 Å². The molecule has 0 bridgehead atoms. The zero-order valence-electron chi connectivity index (χ0n) is 14.2. The van der Waals surface area contributed by atoms with Gasteiger partial charge in [0.1, 0.15) is 0 Å². The lowest BCUT2D eigenvalue weighted by Gasteiger charge is -2.23. The maximum atomic E-state index is 13.3. The summed E-state index contributed by atoms with van der Waals surface area (Å²) < 4.78 is 32.1. The molecule has 25 heavy (non-hydrogen) atoms. The van der Waals surface area contributed by atoms with Crippen LogP contribution in [0.3, 0.4) is 0 Å². The van der Waals surface area contributed by atoms with Crippen molar-refractivity contribution in [3.8, 4) is 0 Å². The van der Waals surface area contributed by atoms with Gasteiger partial charge in [-0.2, -0.15) is 0 Å². The highest BCUT2D eigenvalue weighted by molar-refractivity contribution is 5.77. The van der Waals surface area contributed by atoms with E-state index in [0.29, 0.717) is 12.0 Å². The van der Waals surface area contributed by atoms with Crippen LogP contribution in [-0.4, -0.2) is 40.6 Å². The summed E-state index contributed by atoms with van der Waals surface area (Å²) in [6.45, 7) is 2.06. The largest absolute Gasteiger partial charge is 0.481 e. The van der Waals surface area contributed by atoms with Crippen LogP contribution in [0.15, 0.2) is 18.2 Å². The first-order valence-electron chi connectivity index (χ1n) is 8.44. The molecule has 1 heterocycles. The summed E-state index contributed by atoms with van der Waals surface area (Å²) in [5, 5.41) is 8.85. The molecule has 0 unspecified atom stereocenters. The summed E-state index contributed by atoms with van der Waals surface area (Å²) in [5.74, 6) is -3.18. The SMILES string of the molecule is C[C@H]1CC[C@H](CCC(=O)N(CCC(=O)O)Cc2ccc(F)c(F)c2)O1. The quantitative estimate of drug-likeness (QED) is 0.778. The van der Waals surface area contributed by atoms with Crippen molar-refractivity contribution in [1.82, 2.24) is 4.90 Å². The molecule has 1 aliphatic rings. The van der Waals surface area contributed by atoms with Gasteiger partial charge < -0.3 is 14.7 Å². The Morgan fingerprint density at radius 1 is 1.24 bits per heavy atom. The van der Waals surface area contributed by atoms with Crippen LogP contribution in [-0.2, 0) is 20.9 Å². The van der Waals surface area contributed by atoms with Gasteiger partial charge in [0.2, 0.25) is 5.91 Å². The van der Waals surface area contributed by atoms with Crippen molar-refractivity contribution in [2.75, 3.05) is 6.54 Å². The highest BCUT2D eigenvalue weighted by Gasteiger charge is 2.24. The van der Waals surface area contributed by atoms with Gasteiger partial charge in [-0.3, -0.25) is 9.59 Å². The van der Waals surface area contributed by atoms with E-state index in [1.54, 1.807) is 0 Å². The average Bonchev–Trinajstić information content (AvgIpc) is 2.97. The van der Waals surface area contributed by atoms with Gasteiger partial charge in [-0.05, 0) is 43.9 Å². The number of amides is 1. The maximum absolute atomic E-state index is 13.3. The summed E-state index contributed by atoms with van der Waals surface area (Å²) >= 11 is 0. The number of carboxylic acid groups (broad SMARTS) is 1. The third kappa shape index (κ3) is 6.08. The minimum atomic E-state index is -1.02. The third-order valence-corrected chi connectivity index (χ3v) is 4.31. The molecule has 0 radical (unpaired) electrons. The van der Waals surface area contributed by atoms with Crippen LogP contribution >= 0.6 is 0 Å². The summed E-state index contributed by atoms with van der Waals surface area (Å²) in [5.41, 5.74) is 0.420. The lowest BCUT2D eigenvalue weighted by molar-refractivity contribution is -0.139. The number of carboxylic acids is 1. The summed E-state index contributed by atoms with van der Waals surface area (Å²) in [7, 11) is 0. The lowest BCUT2D eigenvalue weighted by atomic mass is 10.1. The highest BCUT2D eigenvalue weighted by Crippen LogP contribution is 2.23. The Bertz CT molecular complexity index is 623. The minimum absolute atomic E-state index is 0.0229. The van der Waals surface area contributed by atoms with Crippen LogP contribution < -0.4 is 0 Å². The number of aliphatic carboxylic acids is 1. The Balaban J connectivity index is 1.96. The van der Waals surface area contributed by atoms with Crippen molar-refractivity contribution in [2.24, 2.45) is 0 Å². The number of halogens is 2. The molecule has 0 spiro atoms. The minimum Gasteiger partial charge on any atom is -0.481 e. The Kier molecular flexibility index (Phi) is 6.87. The molecule has 2 rings (SSSR count). The lowest BCUT2D eigenvalue weighted by Crippen LogP contribution is -2.33. The van der Waals surface area contributed by atoms with E-state index < -0.39 is 17.6 Å². The van der Waals surface area contributed by atoms with Crippen molar-refractivity contribution in [2.45, 2.75) is 57.8 Å². The van der Waals surface area contributed by atoms with E-state index in [1.165, 1.54) is 11.0 Å². The van der Waals surface area contributed by atoms with Crippen molar-refractivity contribution in [3.05, 3.63) is 35.4 Å². The molecule has 2 atom stereocenters. The molecule has 1 N–H and O–H groups in total. The van der Waals surface area contributed by atoms with Gasteiger partial charge in [0.25, 0.3) is 0 Å². The zero-order valence-corrected chi connectivity index (χ0v) is 14.2. The predicted octanol–water partition coefficient (Wildman–Crippen LogP) is 3.12. The van der Waals surface area contributed by atoms with Crippen LogP contribution in [0.2, 0.25) is 0 Å². The number of carbonyl (C=O) groups is 2. The molecule has 0 aliphatic carbocycles. The molecule has 1 amide bonds. The van der Waals surface area contributed by atoms with Gasteiger partial charge in [-0.1, -0.05) is 6.07 Å². The summed E-state index contributed by atoms with van der Waals surface area (Å²) in [6, 6.07) is 3.41. The van der Waals surface area contributed by atoms with E-state index >= 15 is 0 Å². The van der Waals surface area contributed by atoms with E-state index in [4.69, 9.17) is 9.84 Å². The maximum Gasteiger partial charge on any atom is 0.305 e. The van der Waals surface area contributed by atoms with E-state index in [2.05, 4.69) is 0 Å². The van der Waals surface area contributed by atoms with Crippen molar-refractivity contribution in [3.63, 3.8) is 0 Å². The van der Waals surface area contributed by atoms with Crippen LogP contribution in [0, 0.1) is 11.6 Å². The first kappa shape index (κ1) is 19.3. The molecule has 138 valence electrons. The molecule has 1 saturated heterocycles. The van der Waals surface area contributed by atoms with Gasteiger partial charge in [-0.25, -0.2) is 8.78 Å². The fraction of sp³-hybridized carbons (Fsp3) is 0.556. The van der Waals surface area contributed by atoms with Crippen LogP contribution in [0.25, 0.3) is 0 Å². The second kappa shape index (κ2) is 8.89. The van der Waals surface area contributed by atoms with Gasteiger partial charge >= 0.3 is 5.97 Å². The highest BCUT2D eigenvalue weighted by atomic mass is 19.2. The third-order valence-electron chi connectivity index (χ3n) is 4.31. The predicted molar refractivity (Wildman–Crippen MR) is 86.8 cm³/mol. The zero-order chi connectivity index (χ0) is 18.4. The molecule has 1 aliphatic heterocycles. The van der Waals surface area contributed by atoms with Crippen LogP contribution in [0.1, 0.15) is 44.6 Å². The average molecular weight is 355 g/mol. The molecular formula is C18H23F2NO4. The Hall–Kier alpha value is -2.02. The van der Waals surface area contributed by atoms with E-state index in [-0.39, 0.29) is 44.0 Å². The molecule has 1 fully saturated rings. The number of carbonyl (C=O) groups excluding carboxylic acids is 1. The van der Waals surface area contributed by atoms with Crippen LogP contribution in [0.5, 0.6) is 0 Å². The fourth-order valence-corrected chi connectivity index (χ4v) is 2.92. The number of nitrogens with zero attached hydrogens (tertiary/aromatic N) is 1. The van der Waals surface area contributed by atoms with E-state index in [1.807, 2.05) is 6.92 Å². The Morgan fingerprint density at radius 2 is 2.00 bits per heavy atom. The molecular weight excluding hydrogens is 332 g/mol. The molecule has 0 saturated carbocycles. The number of rotatable bonds is 8. The Labute approximate surface area is 145 Å². The first-order valence-corrected chi connectivity index (χ1v) is 8.44. The van der Waals surface area contributed by atoms with Crippen LogP contribution in [0.4, 0.5) is 8.78 Å². The number of benzene rings is 1.